The molecule has 2 heterocycles. The topological polar surface area (TPSA) is 29.0 Å². The standard InChI is InChI=1S/C10H14ClN3/c1-14-6-2-3-8(7-14)9-4-5-10(11)13-12-9/h4-5,8H,2-3,6-7H2,1H3. The second kappa shape index (κ2) is 4.24. The molecule has 0 spiro atoms. The van der Waals surface area contributed by atoms with Crippen LogP contribution in [0.4, 0.5) is 0 Å². The summed E-state index contributed by atoms with van der Waals surface area (Å²) < 4.78 is 0. The highest BCUT2D eigenvalue weighted by Gasteiger charge is 2.19. The minimum atomic E-state index is 0.470. The van der Waals surface area contributed by atoms with Crippen molar-refractivity contribution in [1.29, 1.82) is 0 Å². The fourth-order valence-corrected chi connectivity index (χ4v) is 2.05. The fraction of sp³-hybridized carbons (Fsp3) is 0.600. The minimum absolute atomic E-state index is 0.470. The van der Waals surface area contributed by atoms with Crippen LogP contribution in [0.5, 0.6) is 0 Å². The molecule has 1 unspecified atom stereocenters. The molecule has 0 aliphatic carbocycles. The molecular weight excluding hydrogens is 198 g/mol. The van der Waals surface area contributed by atoms with Crippen LogP contribution in [0.3, 0.4) is 0 Å². The quantitative estimate of drug-likeness (QED) is 0.711. The lowest BCUT2D eigenvalue weighted by Crippen LogP contribution is -2.31. The van der Waals surface area contributed by atoms with Gasteiger partial charge in [-0.1, -0.05) is 11.6 Å². The number of hydrogen-bond acceptors (Lipinski definition) is 3. The Morgan fingerprint density at radius 2 is 2.29 bits per heavy atom. The molecule has 4 heteroatoms. The number of likely N-dealkylation sites (N-methyl/N-ethyl adjacent to an activating group) is 1. The first-order valence-corrected chi connectivity index (χ1v) is 5.31. The molecule has 1 aromatic heterocycles. The van der Waals surface area contributed by atoms with E-state index in [2.05, 4.69) is 22.1 Å². The summed E-state index contributed by atoms with van der Waals surface area (Å²) in [5.41, 5.74) is 1.07. The van der Waals surface area contributed by atoms with Gasteiger partial charge in [0.1, 0.15) is 0 Å². The highest BCUT2D eigenvalue weighted by Crippen LogP contribution is 2.24. The Labute approximate surface area is 89.1 Å². The predicted molar refractivity (Wildman–Crippen MR) is 56.5 cm³/mol. The van der Waals surface area contributed by atoms with E-state index >= 15 is 0 Å². The van der Waals surface area contributed by atoms with Crippen molar-refractivity contribution in [2.75, 3.05) is 20.1 Å². The Kier molecular flexibility index (Phi) is 2.99. The summed E-state index contributed by atoms with van der Waals surface area (Å²) in [5, 5.41) is 8.47. The summed E-state index contributed by atoms with van der Waals surface area (Å²) in [6.45, 7) is 2.27. The number of hydrogen-bond donors (Lipinski definition) is 0. The first-order chi connectivity index (χ1) is 6.75. The van der Waals surface area contributed by atoms with E-state index in [1.54, 1.807) is 0 Å². The molecule has 1 fully saturated rings. The van der Waals surface area contributed by atoms with Gasteiger partial charge in [0.15, 0.2) is 5.15 Å². The Morgan fingerprint density at radius 3 is 2.93 bits per heavy atom. The van der Waals surface area contributed by atoms with Gasteiger partial charge >= 0.3 is 0 Å². The monoisotopic (exact) mass is 211 g/mol. The van der Waals surface area contributed by atoms with Crippen molar-refractivity contribution in [3.05, 3.63) is 23.0 Å². The van der Waals surface area contributed by atoms with Gasteiger partial charge in [-0.25, -0.2) is 0 Å². The van der Waals surface area contributed by atoms with Crippen LogP contribution in [0.15, 0.2) is 12.1 Å². The average Bonchev–Trinajstić information content (AvgIpc) is 2.19. The zero-order valence-electron chi connectivity index (χ0n) is 8.28. The summed E-state index contributed by atoms with van der Waals surface area (Å²) in [6, 6.07) is 3.80. The molecule has 0 saturated carbocycles. The van der Waals surface area contributed by atoms with Crippen molar-refractivity contribution in [2.24, 2.45) is 0 Å². The molecule has 1 aromatic rings. The SMILES string of the molecule is CN1CCCC(c2ccc(Cl)nn2)C1. The largest absolute Gasteiger partial charge is 0.306 e. The predicted octanol–water partition coefficient (Wildman–Crippen LogP) is 1.94. The Bertz CT molecular complexity index is 299. The second-order valence-corrected chi connectivity index (χ2v) is 4.27. The summed E-state index contributed by atoms with van der Waals surface area (Å²) in [7, 11) is 2.15. The average molecular weight is 212 g/mol. The van der Waals surface area contributed by atoms with Gasteiger partial charge in [-0.3, -0.25) is 0 Å². The van der Waals surface area contributed by atoms with E-state index in [9.17, 15) is 0 Å². The molecule has 1 aliphatic heterocycles. The Hall–Kier alpha value is -0.670. The molecule has 14 heavy (non-hydrogen) atoms. The Morgan fingerprint density at radius 1 is 1.43 bits per heavy atom. The van der Waals surface area contributed by atoms with E-state index in [-0.39, 0.29) is 0 Å². The summed E-state index contributed by atoms with van der Waals surface area (Å²) in [6.07, 6.45) is 2.45. The summed E-state index contributed by atoms with van der Waals surface area (Å²) in [4.78, 5) is 2.34. The van der Waals surface area contributed by atoms with Crippen LogP contribution in [0.1, 0.15) is 24.5 Å². The van der Waals surface area contributed by atoms with Crippen molar-refractivity contribution < 1.29 is 0 Å². The van der Waals surface area contributed by atoms with E-state index in [4.69, 9.17) is 11.6 Å². The third kappa shape index (κ3) is 2.22. The van der Waals surface area contributed by atoms with Crippen LogP contribution >= 0.6 is 11.6 Å². The number of rotatable bonds is 1. The smallest absolute Gasteiger partial charge is 0.151 e. The van der Waals surface area contributed by atoms with Gasteiger partial charge < -0.3 is 4.90 Å². The number of piperidine rings is 1. The molecule has 0 radical (unpaired) electrons. The van der Waals surface area contributed by atoms with Crippen molar-refractivity contribution in [2.45, 2.75) is 18.8 Å². The molecular formula is C10H14ClN3. The molecule has 1 atom stereocenters. The molecule has 2 rings (SSSR count). The third-order valence-corrected chi connectivity index (χ3v) is 2.90. The van der Waals surface area contributed by atoms with E-state index in [1.165, 1.54) is 19.4 Å². The van der Waals surface area contributed by atoms with Crippen molar-refractivity contribution >= 4 is 11.6 Å². The zero-order valence-corrected chi connectivity index (χ0v) is 9.04. The van der Waals surface area contributed by atoms with Gasteiger partial charge in [0.2, 0.25) is 0 Å². The van der Waals surface area contributed by atoms with Gasteiger partial charge in [0.05, 0.1) is 5.69 Å². The second-order valence-electron chi connectivity index (χ2n) is 3.88. The normalized spacial score (nSPS) is 23.7. The molecule has 0 aromatic carbocycles. The zero-order chi connectivity index (χ0) is 9.97. The summed E-state index contributed by atoms with van der Waals surface area (Å²) in [5.74, 6) is 0.526. The highest BCUT2D eigenvalue weighted by atomic mass is 35.5. The molecule has 3 nitrogen and oxygen atoms in total. The van der Waals surface area contributed by atoms with Crippen LogP contribution in [-0.2, 0) is 0 Å². The highest BCUT2D eigenvalue weighted by molar-refractivity contribution is 6.29. The first-order valence-electron chi connectivity index (χ1n) is 4.93. The number of likely N-dealkylation sites (tertiary alicyclic amines) is 1. The van der Waals surface area contributed by atoms with Crippen molar-refractivity contribution in [3.8, 4) is 0 Å². The third-order valence-electron chi connectivity index (χ3n) is 2.70. The van der Waals surface area contributed by atoms with Gasteiger partial charge in [-0.05, 0) is 38.6 Å². The molecule has 0 N–H and O–H groups in total. The van der Waals surface area contributed by atoms with Crippen LogP contribution < -0.4 is 0 Å². The van der Waals surface area contributed by atoms with Gasteiger partial charge in [-0.15, -0.1) is 5.10 Å². The number of aromatic nitrogens is 2. The van der Waals surface area contributed by atoms with Crippen molar-refractivity contribution in [1.82, 2.24) is 15.1 Å². The molecule has 76 valence electrons. The van der Waals surface area contributed by atoms with E-state index in [0.717, 1.165) is 12.2 Å². The maximum Gasteiger partial charge on any atom is 0.151 e. The molecule has 1 saturated heterocycles. The summed E-state index contributed by atoms with van der Waals surface area (Å²) >= 11 is 5.70. The van der Waals surface area contributed by atoms with Gasteiger partial charge in [0, 0.05) is 12.5 Å². The van der Waals surface area contributed by atoms with Crippen molar-refractivity contribution in [3.63, 3.8) is 0 Å². The number of nitrogens with zero attached hydrogens (tertiary/aromatic N) is 3. The molecule has 1 aliphatic rings. The lowest BCUT2D eigenvalue weighted by atomic mass is 9.95. The van der Waals surface area contributed by atoms with E-state index in [1.807, 2.05) is 12.1 Å². The van der Waals surface area contributed by atoms with Gasteiger partial charge in [0.25, 0.3) is 0 Å². The van der Waals surface area contributed by atoms with Crippen LogP contribution in [-0.4, -0.2) is 35.2 Å². The van der Waals surface area contributed by atoms with Crippen LogP contribution in [0.2, 0.25) is 5.15 Å². The Balaban J connectivity index is 2.10. The lowest BCUT2D eigenvalue weighted by molar-refractivity contribution is 0.248. The molecule has 0 bridgehead atoms. The fourth-order valence-electron chi connectivity index (χ4n) is 1.95. The van der Waals surface area contributed by atoms with E-state index in [0.29, 0.717) is 11.1 Å². The lowest BCUT2D eigenvalue weighted by Gasteiger charge is -2.28. The maximum absolute atomic E-state index is 5.70. The number of halogens is 1. The van der Waals surface area contributed by atoms with E-state index < -0.39 is 0 Å². The van der Waals surface area contributed by atoms with Gasteiger partial charge in [-0.2, -0.15) is 5.10 Å². The molecule has 0 amide bonds. The maximum atomic E-state index is 5.70. The first kappa shape index (κ1) is 9.87. The van der Waals surface area contributed by atoms with Crippen LogP contribution in [0.25, 0.3) is 0 Å². The van der Waals surface area contributed by atoms with Crippen LogP contribution in [0, 0.1) is 0 Å². The minimum Gasteiger partial charge on any atom is -0.306 e.